The lowest BCUT2D eigenvalue weighted by Crippen LogP contribution is -2.37. The maximum absolute atomic E-state index is 5.36. The number of halogens is 1. The largest absolute Gasteiger partial charge is 0.496 e. The number of ether oxygens (including phenoxy) is 1. The number of thiophene rings is 1. The summed E-state index contributed by atoms with van der Waals surface area (Å²) in [5.41, 5.74) is 1.19. The Bertz CT molecular complexity index is 627. The molecular weight excluding hydrogens is 362 g/mol. The predicted molar refractivity (Wildman–Crippen MR) is 96.9 cm³/mol. The predicted octanol–water partition coefficient (Wildman–Crippen LogP) is 3.43. The minimum atomic E-state index is 0.768. The third kappa shape index (κ3) is 5.03. The summed E-state index contributed by atoms with van der Waals surface area (Å²) in [4.78, 5) is 5.50. The normalized spacial score (nSPS) is 11.3. The summed E-state index contributed by atoms with van der Waals surface area (Å²) in [6, 6.07) is 12.2. The highest BCUT2D eigenvalue weighted by atomic mass is 79.9. The van der Waals surface area contributed by atoms with Gasteiger partial charge in [0.2, 0.25) is 0 Å². The molecule has 0 aliphatic heterocycles. The van der Waals surface area contributed by atoms with Gasteiger partial charge in [-0.3, -0.25) is 4.99 Å². The average Bonchev–Trinajstić information content (AvgIpc) is 2.96. The molecule has 2 aromatic rings. The molecule has 2 N–H and O–H groups in total. The highest BCUT2D eigenvalue weighted by molar-refractivity contribution is 9.11. The third-order valence-electron chi connectivity index (χ3n) is 3.16. The van der Waals surface area contributed by atoms with Gasteiger partial charge in [-0.1, -0.05) is 18.2 Å². The fourth-order valence-corrected chi connectivity index (χ4v) is 3.49. The van der Waals surface area contributed by atoms with E-state index in [-0.39, 0.29) is 0 Å². The average molecular weight is 382 g/mol. The first-order chi connectivity index (χ1) is 10.7. The molecule has 2 rings (SSSR count). The maximum atomic E-state index is 5.36. The van der Waals surface area contributed by atoms with Crippen molar-refractivity contribution in [3.8, 4) is 5.75 Å². The lowest BCUT2D eigenvalue weighted by Gasteiger charge is -2.12. The van der Waals surface area contributed by atoms with Crippen LogP contribution in [0, 0.1) is 0 Å². The van der Waals surface area contributed by atoms with Gasteiger partial charge in [-0.15, -0.1) is 11.3 Å². The highest BCUT2D eigenvalue weighted by Gasteiger charge is 2.03. The summed E-state index contributed by atoms with van der Waals surface area (Å²) in [6.45, 7) is 1.57. The fourth-order valence-electron chi connectivity index (χ4n) is 2.06. The molecule has 118 valence electrons. The molecule has 0 amide bonds. The number of para-hydroxylation sites is 1. The molecule has 6 heteroatoms. The Morgan fingerprint density at radius 2 is 2.05 bits per heavy atom. The topological polar surface area (TPSA) is 45.7 Å². The van der Waals surface area contributed by atoms with E-state index in [1.807, 2.05) is 18.2 Å². The summed E-state index contributed by atoms with van der Waals surface area (Å²) in [5.74, 6) is 1.73. The number of benzene rings is 1. The number of rotatable bonds is 6. The number of nitrogens with zero attached hydrogens (tertiary/aromatic N) is 1. The van der Waals surface area contributed by atoms with Gasteiger partial charge < -0.3 is 15.4 Å². The van der Waals surface area contributed by atoms with Crippen LogP contribution in [-0.2, 0) is 13.0 Å². The van der Waals surface area contributed by atoms with E-state index >= 15 is 0 Å². The molecule has 0 saturated carbocycles. The first kappa shape index (κ1) is 16.8. The molecule has 1 aromatic carbocycles. The van der Waals surface area contributed by atoms with E-state index in [0.717, 1.165) is 35.0 Å². The lowest BCUT2D eigenvalue weighted by atomic mass is 10.1. The number of hydrogen-bond acceptors (Lipinski definition) is 3. The van der Waals surface area contributed by atoms with Gasteiger partial charge in [0.05, 0.1) is 17.4 Å². The standard InChI is InChI=1S/C16H20BrN3OS/c1-18-16(20-11-13-7-8-15(17)22-13)19-10-9-12-5-3-4-6-14(12)21-2/h3-8H,9-11H2,1-2H3,(H2,18,19,20). The van der Waals surface area contributed by atoms with Crippen molar-refractivity contribution >= 4 is 33.2 Å². The van der Waals surface area contributed by atoms with Crippen LogP contribution in [0.15, 0.2) is 45.2 Å². The van der Waals surface area contributed by atoms with E-state index in [2.05, 4.69) is 49.8 Å². The molecule has 0 saturated heterocycles. The SMILES string of the molecule is CN=C(NCCc1ccccc1OC)NCc1ccc(Br)s1. The Kier molecular flexibility index (Phi) is 6.74. The summed E-state index contributed by atoms with van der Waals surface area (Å²) in [7, 11) is 3.48. The Balaban J connectivity index is 1.79. The van der Waals surface area contributed by atoms with Crippen molar-refractivity contribution in [2.75, 3.05) is 20.7 Å². The Morgan fingerprint density at radius 1 is 1.23 bits per heavy atom. The Hall–Kier alpha value is -1.53. The molecule has 0 unspecified atom stereocenters. The minimum Gasteiger partial charge on any atom is -0.496 e. The molecule has 0 spiro atoms. The number of hydrogen-bond donors (Lipinski definition) is 2. The highest BCUT2D eigenvalue weighted by Crippen LogP contribution is 2.21. The zero-order chi connectivity index (χ0) is 15.8. The Morgan fingerprint density at radius 3 is 2.73 bits per heavy atom. The van der Waals surface area contributed by atoms with Crippen LogP contribution >= 0.6 is 27.3 Å². The van der Waals surface area contributed by atoms with Crippen LogP contribution in [0.4, 0.5) is 0 Å². The van der Waals surface area contributed by atoms with E-state index in [9.17, 15) is 0 Å². The molecule has 4 nitrogen and oxygen atoms in total. The second-order valence-corrected chi connectivity index (χ2v) is 7.17. The van der Waals surface area contributed by atoms with Crippen molar-refractivity contribution in [3.63, 3.8) is 0 Å². The van der Waals surface area contributed by atoms with Gasteiger partial charge in [-0.2, -0.15) is 0 Å². The van der Waals surface area contributed by atoms with Crippen molar-refractivity contribution in [2.45, 2.75) is 13.0 Å². The van der Waals surface area contributed by atoms with Gasteiger partial charge in [0, 0.05) is 18.5 Å². The molecule has 1 heterocycles. The van der Waals surface area contributed by atoms with Gasteiger partial charge >= 0.3 is 0 Å². The molecule has 22 heavy (non-hydrogen) atoms. The maximum Gasteiger partial charge on any atom is 0.191 e. The van der Waals surface area contributed by atoms with Crippen molar-refractivity contribution < 1.29 is 4.74 Å². The van der Waals surface area contributed by atoms with E-state index in [1.165, 1.54) is 10.4 Å². The second kappa shape index (κ2) is 8.80. The zero-order valence-corrected chi connectivity index (χ0v) is 15.1. The quantitative estimate of drug-likeness (QED) is 0.595. The number of methoxy groups -OCH3 is 1. The Labute approximate surface area is 143 Å². The summed E-state index contributed by atoms with van der Waals surface area (Å²) < 4.78 is 6.50. The summed E-state index contributed by atoms with van der Waals surface area (Å²) >= 11 is 5.19. The van der Waals surface area contributed by atoms with Crippen LogP contribution in [0.25, 0.3) is 0 Å². The molecule has 0 bridgehead atoms. The molecule has 0 aliphatic rings. The van der Waals surface area contributed by atoms with Gasteiger partial charge in [0.25, 0.3) is 0 Å². The van der Waals surface area contributed by atoms with Crippen LogP contribution in [-0.4, -0.2) is 26.7 Å². The molecule has 0 aliphatic carbocycles. The van der Waals surface area contributed by atoms with Crippen LogP contribution in [0.5, 0.6) is 5.75 Å². The minimum absolute atomic E-state index is 0.768. The van der Waals surface area contributed by atoms with Crippen molar-refractivity contribution in [1.82, 2.24) is 10.6 Å². The zero-order valence-electron chi connectivity index (χ0n) is 12.7. The van der Waals surface area contributed by atoms with E-state index in [1.54, 1.807) is 25.5 Å². The monoisotopic (exact) mass is 381 g/mol. The van der Waals surface area contributed by atoms with E-state index < -0.39 is 0 Å². The van der Waals surface area contributed by atoms with Gasteiger partial charge in [0.15, 0.2) is 5.96 Å². The van der Waals surface area contributed by atoms with Crippen LogP contribution < -0.4 is 15.4 Å². The molecule has 1 aromatic heterocycles. The van der Waals surface area contributed by atoms with Gasteiger partial charge in [-0.25, -0.2) is 0 Å². The van der Waals surface area contributed by atoms with E-state index in [4.69, 9.17) is 4.74 Å². The fraction of sp³-hybridized carbons (Fsp3) is 0.312. The van der Waals surface area contributed by atoms with Crippen LogP contribution in [0.3, 0.4) is 0 Å². The first-order valence-electron chi connectivity index (χ1n) is 7.03. The molecule has 0 fully saturated rings. The molecule has 0 radical (unpaired) electrons. The van der Waals surface area contributed by atoms with Crippen molar-refractivity contribution in [3.05, 3.63) is 50.6 Å². The van der Waals surface area contributed by atoms with Crippen LogP contribution in [0.2, 0.25) is 0 Å². The van der Waals surface area contributed by atoms with Crippen molar-refractivity contribution in [1.29, 1.82) is 0 Å². The number of guanidine groups is 1. The number of aliphatic imine (C=N–C) groups is 1. The van der Waals surface area contributed by atoms with Crippen LogP contribution in [0.1, 0.15) is 10.4 Å². The van der Waals surface area contributed by atoms with Crippen molar-refractivity contribution in [2.24, 2.45) is 4.99 Å². The second-order valence-electron chi connectivity index (χ2n) is 4.62. The molecule has 0 atom stereocenters. The van der Waals surface area contributed by atoms with Gasteiger partial charge in [0.1, 0.15) is 5.75 Å². The third-order valence-corrected chi connectivity index (χ3v) is 4.79. The van der Waals surface area contributed by atoms with Gasteiger partial charge in [-0.05, 0) is 46.1 Å². The first-order valence-corrected chi connectivity index (χ1v) is 8.64. The molecular formula is C16H20BrN3OS. The van der Waals surface area contributed by atoms with E-state index in [0.29, 0.717) is 0 Å². The number of nitrogens with one attached hydrogen (secondary N) is 2. The summed E-state index contributed by atoms with van der Waals surface area (Å²) in [5, 5.41) is 6.63. The lowest BCUT2D eigenvalue weighted by molar-refractivity contribution is 0.409. The summed E-state index contributed by atoms with van der Waals surface area (Å²) in [6.07, 6.45) is 0.884. The smallest absolute Gasteiger partial charge is 0.191 e.